The van der Waals surface area contributed by atoms with E-state index in [-0.39, 0.29) is 5.91 Å². The van der Waals surface area contributed by atoms with Crippen LogP contribution in [-0.2, 0) is 4.79 Å². The van der Waals surface area contributed by atoms with Gasteiger partial charge in [0.05, 0.1) is 6.54 Å². The number of carbonyl (C=O) groups is 1. The number of piperidine rings is 1. The van der Waals surface area contributed by atoms with Gasteiger partial charge in [-0.25, -0.2) is 0 Å². The van der Waals surface area contributed by atoms with Crippen molar-refractivity contribution in [3.8, 4) is 0 Å². The molecule has 0 radical (unpaired) electrons. The topological polar surface area (TPSA) is 44.4 Å². The Bertz CT molecular complexity index is 281. The molecule has 0 spiro atoms. The van der Waals surface area contributed by atoms with E-state index < -0.39 is 0 Å². The molecular weight excluding hydrogens is 250 g/mol. The largest absolute Gasteiger partial charge is 0.352 e. The van der Waals surface area contributed by atoms with Gasteiger partial charge in [-0.3, -0.25) is 4.79 Å². The maximum absolute atomic E-state index is 11.8. The second kappa shape index (κ2) is 8.63. The molecule has 0 atom stereocenters. The van der Waals surface area contributed by atoms with Crippen LogP contribution in [0.2, 0.25) is 0 Å². The van der Waals surface area contributed by atoms with E-state index in [4.69, 9.17) is 0 Å². The Kier molecular flexibility index (Phi) is 6.80. The molecule has 1 aliphatic carbocycles. The number of nitrogens with zero attached hydrogens (tertiary/aromatic N) is 1. The molecule has 2 N–H and O–H groups in total. The molecule has 2 fully saturated rings. The predicted molar refractivity (Wildman–Crippen MR) is 82.7 cm³/mol. The summed E-state index contributed by atoms with van der Waals surface area (Å²) in [6, 6.07) is 0.437. The van der Waals surface area contributed by atoms with Gasteiger partial charge in [0, 0.05) is 6.04 Å². The smallest absolute Gasteiger partial charge is 0.234 e. The molecule has 0 aromatic heterocycles. The van der Waals surface area contributed by atoms with Gasteiger partial charge in [-0.2, -0.15) is 0 Å². The molecule has 1 saturated heterocycles. The molecular formula is C16H31N3O. The Labute approximate surface area is 123 Å². The molecule has 4 heteroatoms. The Morgan fingerprint density at radius 1 is 1.10 bits per heavy atom. The van der Waals surface area contributed by atoms with Gasteiger partial charge in [-0.1, -0.05) is 19.3 Å². The van der Waals surface area contributed by atoms with Gasteiger partial charge in [0.1, 0.15) is 0 Å². The van der Waals surface area contributed by atoms with E-state index >= 15 is 0 Å². The van der Waals surface area contributed by atoms with Crippen molar-refractivity contribution in [3.63, 3.8) is 0 Å². The average molecular weight is 281 g/mol. The van der Waals surface area contributed by atoms with Crippen molar-refractivity contribution >= 4 is 5.91 Å². The van der Waals surface area contributed by atoms with E-state index in [2.05, 4.69) is 22.6 Å². The number of amides is 1. The van der Waals surface area contributed by atoms with Crippen LogP contribution in [0.3, 0.4) is 0 Å². The van der Waals surface area contributed by atoms with Crippen molar-refractivity contribution in [1.82, 2.24) is 15.5 Å². The summed E-state index contributed by atoms with van der Waals surface area (Å²) in [7, 11) is 2.20. The third-order valence-corrected chi connectivity index (χ3v) is 4.82. The first-order valence-electron chi connectivity index (χ1n) is 8.42. The number of hydrogen-bond acceptors (Lipinski definition) is 3. The quantitative estimate of drug-likeness (QED) is 0.729. The summed E-state index contributed by atoms with van der Waals surface area (Å²) in [5, 5.41) is 6.46. The molecule has 4 nitrogen and oxygen atoms in total. The molecule has 2 aliphatic rings. The Morgan fingerprint density at radius 2 is 1.80 bits per heavy atom. The second-order valence-electron chi connectivity index (χ2n) is 6.61. The highest BCUT2D eigenvalue weighted by molar-refractivity contribution is 5.78. The third-order valence-electron chi connectivity index (χ3n) is 4.82. The minimum absolute atomic E-state index is 0.181. The molecule has 1 aliphatic heterocycles. The van der Waals surface area contributed by atoms with Crippen LogP contribution in [0.15, 0.2) is 0 Å². The minimum Gasteiger partial charge on any atom is -0.352 e. The molecule has 0 aromatic carbocycles. The summed E-state index contributed by atoms with van der Waals surface area (Å²) in [6.07, 6.45) is 10.1. The van der Waals surface area contributed by atoms with Crippen LogP contribution in [0, 0.1) is 5.92 Å². The summed E-state index contributed by atoms with van der Waals surface area (Å²) in [5.41, 5.74) is 0. The zero-order valence-corrected chi connectivity index (χ0v) is 13.0. The van der Waals surface area contributed by atoms with Gasteiger partial charge >= 0.3 is 0 Å². The van der Waals surface area contributed by atoms with E-state index in [1.54, 1.807) is 0 Å². The van der Waals surface area contributed by atoms with Gasteiger partial charge in [-0.15, -0.1) is 0 Å². The number of hydrogen-bond donors (Lipinski definition) is 2. The average Bonchev–Trinajstić information content (AvgIpc) is 2.46. The number of carbonyl (C=O) groups excluding carboxylic acids is 1. The van der Waals surface area contributed by atoms with Gasteiger partial charge in [0.25, 0.3) is 0 Å². The van der Waals surface area contributed by atoms with Gasteiger partial charge < -0.3 is 15.5 Å². The van der Waals surface area contributed by atoms with E-state index in [1.807, 2.05) is 0 Å². The van der Waals surface area contributed by atoms with Crippen molar-refractivity contribution in [2.45, 2.75) is 57.4 Å². The lowest BCUT2D eigenvalue weighted by atomic mass is 9.94. The molecule has 0 aromatic rings. The minimum atomic E-state index is 0.181. The van der Waals surface area contributed by atoms with Gasteiger partial charge in [-0.05, 0) is 64.7 Å². The molecule has 1 amide bonds. The molecule has 20 heavy (non-hydrogen) atoms. The zero-order valence-electron chi connectivity index (χ0n) is 13.0. The Hall–Kier alpha value is -0.610. The summed E-state index contributed by atoms with van der Waals surface area (Å²) < 4.78 is 0. The maximum atomic E-state index is 11.8. The van der Waals surface area contributed by atoms with Crippen LogP contribution in [0.1, 0.15) is 51.4 Å². The Morgan fingerprint density at radius 3 is 2.50 bits per heavy atom. The highest BCUT2D eigenvalue weighted by Gasteiger charge is 2.17. The highest BCUT2D eigenvalue weighted by atomic mass is 16.1. The van der Waals surface area contributed by atoms with Crippen molar-refractivity contribution in [3.05, 3.63) is 0 Å². The molecule has 1 heterocycles. The second-order valence-corrected chi connectivity index (χ2v) is 6.61. The van der Waals surface area contributed by atoms with Crippen LogP contribution in [0.5, 0.6) is 0 Å². The normalized spacial score (nSPS) is 22.9. The SMILES string of the molecule is CN1CCC(CCNCC(=O)NC2CCCCC2)CC1. The first-order chi connectivity index (χ1) is 9.74. The van der Waals surface area contributed by atoms with E-state index in [0.29, 0.717) is 12.6 Å². The molecule has 2 rings (SSSR count). The summed E-state index contributed by atoms with van der Waals surface area (Å²) >= 11 is 0. The van der Waals surface area contributed by atoms with Crippen LogP contribution in [0.25, 0.3) is 0 Å². The fourth-order valence-electron chi connectivity index (χ4n) is 3.38. The summed E-state index contributed by atoms with van der Waals surface area (Å²) in [6.45, 7) is 3.93. The molecule has 0 unspecified atom stereocenters. The monoisotopic (exact) mass is 281 g/mol. The fraction of sp³-hybridized carbons (Fsp3) is 0.938. The first kappa shape index (κ1) is 15.8. The van der Waals surface area contributed by atoms with Crippen molar-refractivity contribution < 1.29 is 4.79 Å². The van der Waals surface area contributed by atoms with Crippen molar-refractivity contribution in [1.29, 1.82) is 0 Å². The van der Waals surface area contributed by atoms with Crippen LogP contribution >= 0.6 is 0 Å². The zero-order chi connectivity index (χ0) is 14.2. The summed E-state index contributed by atoms with van der Waals surface area (Å²) in [4.78, 5) is 14.2. The Balaban J connectivity index is 1.48. The predicted octanol–water partition coefficient (Wildman–Crippen LogP) is 1.76. The van der Waals surface area contributed by atoms with Crippen LogP contribution in [0.4, 0.5) is 0 Å². The lowest BCUT2D eigenvalue weighted by Crippen LogP contribution is -2.41. The first-order valence-corrected chi connectivity index (χ1v) is 8.42. The molecule has 1 saturated carbocycles. The maximum Gasteiger partial charge on any atom is 0.234 e. The van der Waals surface area contributed by atoms with Gasteiger partial charge in [0.2, 0.25) is 5.91 Å². The number of likely N-dealkylation sites (tertiary alicyclic amines) is 1. The standard InChI is InChI=1S/C16H31N3O/c1-19-11-8-14(9-12-19)7-10-17-13-16(20)18-15-5-3-2-4-6-15/h14-15,17H,2-13H2,1H3,(H,18,20). The highest BCUT2D eigenvalue weighted by Crippen LogP contribution is 2.19. The van der Waals surface area contributed by atoms with E-state index in [1.165, 1.54) is 64.5 Å². The van der Waals surface area contributed by atoms with Crippen LogP contribution < -0.4 is 10.6 Å². The van der Waals surface area contributed by atoms with Crippen LogP contribution in [-0.4, -0.2) is 50.1 Å². The molecule has 116 valence electrons. The lowest BCUT2D eigenvalue weighted by molar-refractivity contribution is -0.121. The van der Waals surface area contributed by atoms with Gasteiger partial charge in [0.15, 0.2) is 0 Å². The lowest BCUT2D eigenvalue weighted by Gasteiger charge is -2.29. The van der Waals surface area contributed by atoms with E-state index in [0.717, 1.165) is 12.5 Å². The third kappa shape index (κ3) is 5.80. The van der Waals surface area contributed by atoms with Crippen molar-refractivity contribution in [2.75, 3.05) is 33.2 Å². The number of nitrogens with one attached hydrogen (secondary N) is 2. The summed E-state index contributed by atoms with van der Waals surface area (Å²) in [5.74, 6) is 1.03. The van der Waals surface area contributed by atoms with Crippen molar-refractivity contribution in [2.24, 2.45) is 5.92 Å². The van der Waals surface area contributed by atoms with E-state index in [9.17, 15) is 4.79 Å². The molecule has 0 bridgehead atoms. The fourth-order valence-corrected chi connectivity index (χ4v) is 3.38. The number of rotatable bonds is 6.